The number of urea groups is 2. The first-order valence-electron chi connectivity index (χ1n) is 20.4. The quantitative estimate of drug-likeness (QED) is 0.0727. The second kappa shape index (κ2) is 21.2. The Morgan fingerprint density at radius 1 is 0.306 bits per heavy atom. The predicted molar refractivity (Wildman–Crippen MR) is 253 cm³/mol. The van der Waals surface area contributed by atoms with Gasteiger partial charge in [0.05, 0.1) is 0 Å². The van der Waals surface area contributed by atoms with Gasteiger partial charge in [-0.3, -0.25) is 9.59 Å². The van der Waals surface area contributed by atoms with E-state index in [0.29, 0.717) is 37.1 Å². The molecule has 0 heterocycles. The van der Waals surface area contributed by atoms with Gasteiger partial charge in [-0.1, -0.05) is 158 Å². The van der Waals surface area contributed by atoms with Crippen LogP contribution in [0.15, 0.2) is 182 Å². The van der Waals surface area contributed by atoms with Crippen LogP contribution < -0.4 is 21.3 Å². The maximum Gasteiger partial charge on any atom is 0.323 e. The summed E-state index contributed by atoms with van der Waals surface area (Å²) in [5.74, 6) is 0.212. The molecule has 0 saturated carbocycles. The monoisotopic (exact) mass is 814 g/mol. The number of carbonyl (C=O) groups is 4. The molecule has 8 heteroatoms. The van der Waals surface area contributed by atoms with Crippen molar-refractivity contribution in [1.29, 1.82) is 0 Å². The van der Waals surface area contributed by atoms with E-state index in [0.717, 1.165) is 55.9 Å². The van der Waals surface area contributed by atoms with Crippen molar-refractivity contribution in [3.05, 3.63) is 226 Å². The normalized spacial score (nSPS) is 11.0. The summed E-state index contributed by atoms with van der Waals surface area (Å²) in [6, 6.07) is 56.7. The maximum atomic E-state index is 13.1. The van der Waals surface area contributed by atoms with Crippen LogP contribution in [-0.4, -0.2) is 23.6 Å². The summed E-state index contributed by atoms with van der Waals surface area (Å²) in [5, 5.41) is 11.3. The number of anilines is 4. The Kier molecular flexibility index (Phi) is 14.4. The number of amides is 4. The van der Waals surface area contributed by atoms with Crippen molar-refractivity contribution in [1.82, 2.24) is 0 Å². The number of ketones is 2. The minimum Gasteiger partial charge on any atom is -0.308 e. The predicted octanol–water partition coefficient (Wildman–Crippen LogP) is 12.0. The first-order valence-corrected chi connectivity index (χ1v) is 20.4. The Balaban J connectivity index is 0.821. The lowest BCUT2D eigenvalue weighted by Crippen LogP contribution is -2.19. The topological polar surface area (TPSA) is 116 Å². The van der Waals surface area contributed by atoms with Crippen LogP contribution >= 0.6 is 0 Å². The second-order valence-corrected chi connectivity index (χ2v) is 14.9. The van der Waals surface area contributed by atoms with E-state index in [1.54, 1.807) is 0 Å². The van der Waals surface area contributed by atoms with Gasteiger partial charge in [-0.05, 0) is 93.0 Å². The number of nitrogens with one attached hydrogen (secondary N) is 4. The summed E-state index contributed by atoms with van der Waals surface area (Å²) >= 11 is 0. The Morgan fingerprint density at radius 3 is 0.935 bits per heavy atom. The third-order valence-corrected chi connectivity index (χ3v) is 9.89. The zero-order valence-corrected chi connectivity index (χ0v) is 34.1. The van der Waals surface area contributed by atoms with Gasteiger partial charge in [0.2, 0.25) is 0 Å². The highest BCUT2D eigenvalue weighted by molar-refractivity contribution is 6.00. The van der Waals surface area contributed by atoms with Crippen LogP contribution in [-0.2, 0) is 35.3 Å². The lowest BCUT2D eigenvalue weighted by atomic mass is 9.97. The van der Waals surface area contributed by atoms with Gasteiger partial charge in [-0.2, -0.15) is 0 Å². The van der Waals surface area contributed by atoms with Crippen molar-refractivity contribution < 1.29 is 19.2 Å². The van der Waals surface area contributed by atoms with Crippen LogP contribution in [0, 0.1) is 0 Å². The Hall–Kier alpha value is -8.10. The molecule has 0 unspecified atom stereocenters. The highest BCUT2D eigenvalue weighted by Gasteiger charge is 2.10. The summed E-state index contributed by atoms with van der Waals surface area (Å²) in [6.45, 7) is 0. The zero-order chi connectivity index (χ0) is 42.9. The molecule has 0 aliphatic carbocycles. The van der Waals surface area contributed by atoms with Crippen molar-refractivity contribution in [3.8, 4) is 0 Å². The number of Topliss-reactive ketones (excluding diaryl/α,β-unsaturated/α-hetero) is 2. The second-order valence-electron chi connectivity index (χ2n) is 14.9. The number of rotatable bonds is 16. The van der Waals surface area contributed by atoms with Gasteiger partial charge in [0.25, 0.3) is 0 Å². The highest BCUT2D eigenvalue weighted by Crippen LogP contribution is 2.18. The van der Waals surface area contributed by atoms with E-state index in [-0.39, 0.29) is 23.6 Å². The standard InChI is InChI=1S/C54H46N4O4/c59-51(35-43-22-18-39(19-23-43)14-16-41-26-30-49(31-27-41)57-53(61)55-47-10-3-1-4-11-47)37-45-8-7-9-46(34-45)38-52(60)36-44-24-20-40(21-25-44)15-17-42-28-32-50(33-29-42)58-54(62)56-48-12-5-2-6-13-48/h1-34H,35-38H2,(H2,55,57,61)(H2,56,58,62)/b16-14+,17-15+. The molecule has 0 aromatic heterocycles. The molecule has 0 aliphatic rings. The van der Waals surface area contributed by atoms with Gasteiger partial charge in [0.1, 0.15) is 11.6 Å². The fraction of sp³-hybridized carbons (Fsp3) is 0.0741. The molecule has 7 aromatic carbocycles. The molecular weight excluding hydrogens is 769 g/mol. The molecule has 0 fully saturated rings. The number of hydrogen-bond donors (Lipinski definition) is 4. The maximum absolute atomic E-state index is 13.1. The van der Waals surface area contributed by atoms with Crippen molar-refractivity contribution in [3.63, 3.8) is 0 Å². The van der Waals surface area contributed by atoms with Crippen molar-refractivity contribution >= 4 is 70.7 Å². The van der Waals surface area contributed by atoms with Crippen LogP contribution in [0.3, 0.4) is 0 Å². The Morgan fingerprint density at radius 2 is 0.597 bits per heavy atom. The van der Waals surface area contributed by atoms with E-state index in [4.69, 9.17) is 0 Å². The summed E-state index contributed by atoms with van der Waals surface area (Å²) in [7, 11) is 0. The first kappa shape index (κ1) is 42.0. The summed E-state index contributed by atoms with van der Waals surface area (Å²) in [6.07, 6.45) is 9.26. The van der Waals surface area contributed by atoms with Gasteiger partial charge in [0.15, 0.2) is 0 Å². The van der Waals surface area contributed by atoms with Gasteiger partial charge in [-0.25, -0.2) is 9.59 Å². The zero-order valence-electron chi connectivity index (χ0n) is 34.1. The molecule has 0 radical (unpaired) electrons. The largest absolute Gasteiger partial charge is 0.323 e. The van der Waals surface area contributed by atoms with Crippen molar-refractivity contribution in [2.75, 3.05) is 21.3 Å². The molecule has 7 rings (SSSR count). The number of para-hydroxylation sites is 2. The Bertz CT molecular complexity index is 2470. The van der Waals surface area contributed by atoms with Gasteiger partial charge in [-0.15, -0.1) is 0 Å². The summed E-state index contributed by atoms with van der Waals surface area (Å²) < 4.78 is 0. The Labute approximate surface area is 362 Å². The number of carbonyl (C=O) groups excluding carboxylic acids is 4. The summed E-state index contributed by atoms with van der Waals surface area (Å²) in [4.78, 5) is 50.7. The number of benzene rings is 7. The SMILES string of the molecule is O=C(Cc1ccc(/C=C/c2ccc(NC(=O)Nc3ccccc3)cc2)cc1)Cc1cccc(CC(=O)Cc2ccc(/C=C/c3ccc(NC(=O)Nc4ccccc4)cc3)cc2)c1. The lowest BCUT2D eigenvalue weighted by Gasteiger charge is -2.08. The van der Waals surface area contributed by atoms with E-state index in [2.05, 4.69) is 21.3 Å². The van der Waals surface area contributed by atoms with E-state index >= 15 is 0 Å². The third-order valence-electron chi connectivity index (χ3n) is 9.89. The third kappa shape index (κ3) is 13.5. The fourth-order valence-electron chi connectivity index (χ4n) is 6.75. The molecule has 306 valence electrons. The minimum atomic E-state index is -0.303. The number of hydrogen-bond acceptors (Lipinski definition) is 4. The molecule has 0 bridgehead atoms. The van der Waals surface area contributed by atoms with Gasteiger partial charge >= 0.3 is 12.1 Å². The van der Waals surface area contributed by atoms with Crippen LogP contribution in [0.2, 0.25) is 0 Å². The average Bonchev–Trinajstić information content (AvgIpc) is 3.27. The molecule has 0 saturated heterocycles. The van der Waals surface area contributed by atoms with Crippen molar-refractivity contribution in [2.45, 2.75) is 25.7 Å². The molecule has 0 atom stereocenters. The van der Waals surface area contributed by atoms with E-state index in [9.17, 15) is 19.2 Å². The molecule has 4 N–H and O–H groups in total. The molecule has 0 spiro atoms. The molecule has 62 heavy (non-hydrogen) atoms. The molecule has 4 amide bonds. The fourth-order valence-corrected chi connectivity index (χ4v) is 6.75. The van der Waals surface area contributed by atoms with Gasteiger partial charge in [0, 0.05) is 48.4 Å². The first-order chi connectivity index (χ1) is 30.3. The molecule has 8 nitrogen and oxygen atoms in total. The molecular formula is C54H46N4O4. The highest BCUT2D eigenvalue weighted by atomic mass is 16.2. The summed E-state index contributed by atoms with van der Waals surface area (Å²) in [5.41, 5.74) is 10.5. The van der Waals surface area contributed by atoms with Crippen molar-refractivity contribution in [2.24, 2.45) is 0 Å². The van der Waals surface area contributed by atoms with Crippen LogP contribution in [0.25, 0.3) is 24.3 Å². The van der Waals surface area contributed by atoms with Crippen LogP contribution in [0.4, 0.5) is 32.3 Å². The van der Waals surface area contributed by atoms with E-state index in [1.165, 1.54) is 0 Å². The molecule has 0 aliphatic heterocycles. The van der Waals surface area contributed by atoms with Gasteiger partial charge < -0.3 is 21.3 Å². The minimum absolute atomic E-state index is 0.106. The van der Waals surface area contributed by atoms with E-state index in [1.807, 2.05) is 206 Å². The average molecular weight is 815 g/mol. The van der Waals surface area contributed by atoms with Crippen LogP contribution in [0.1, 0.15) is 44.5 Å². The van der Waals surface area contributed by atoms with E-state index < -0.39 is 0 Å². The molecule has 7 aromatic rings. The smallest absolute Gasteiger partial charge is 0.308 e. The van der Waals surface area contributed by atoms with Crippen LogP contribution in [0.5, 0.6) is 0 Å². The lowest BCUT2D eigenvalue weighted by molar-refractivity contribution is -0.118.